The van der Waals surface area contributed by atoms with Crippen LogP contribution in [0.15, 0.2) is 53.6 Å². The number of nitrogens with zero attached hydrogens (tertiary/aromatic N) is 1. The molecule has 2 N–H and O–H groups in total. The Labute approximate surface area is 155 Å². The molecule has 0 bridgehead atoms. The van der Waals surface area contributed by atoms with Gasteiger partial charge >= 0.3 is 0 Å². The SMILES string of the molecule is CCNC(=S)NN=Cc1ccc(OCc2ccccc2)c(I)c1. The molecule has 0 aromatic heterocycles. The van der Waals surface area contributed by atoms with Crippen molar-refractivity contribution in [2.75, 3.05) is 6.54 Å². The first-order valence-corrected chi connectivity index (χ1v) is 8.71. The van der Waals surface area contributed by atoms with E-state index >= 15 is 0 Å². The maximum Gasteiger partial charge on any atom is 0.186 e. The van der Waals surface area contributed by atoms with Crippen LogP contribution in [0.3, 0.4) is 0 Å². The summed E-state index contributed by atoms with van der Waals surface area (Å²) in [6.45, 7) is 3.31. The smallest absolute Gasteiger partial charge is 0.186 e. The minimum absolute atomic E-state index is 0.515. The lowest BCUT2D eigenvalue weighted by Crippen LogP contribution is -2.31. The summed E-state index contributed by atoms with van der Waals surface area (Å²) in [4.78, 5) is 0. The normalized spacial score (nSPS) is 10.5. The summed E-state index contributed by atoms with van der Waals surface area (Å²) in [6, 6.07) is 16.0. The lowest BCUT2D eigenvalue weighted by atomic mass is 10.2. The van der Waals surface area contributed by atoms with E-state index in [2.05, 4.69) is 38.4 Å². The highest BCUT2D eigenvalue weighted by molar-refractivity contribution is 14.1. The van der Waals surface area contributed by atoms with Crippen LogP contribution in [0, 0.1) is 3.57 Å². The van der Waals surface area contributed by atoms with Crippen LogP contribution in [-0.4, -0.2) is 17.9 Å². The van der Waals surface area contributed by atoms with Gasteiger partial charge in [0.15, 0.2) is 5.11 Å². The van der Waals surface area contributed by atoms with Gasteiger partial charge in [0.25, 0.3) is 0 Å². The Hall–Kier alpha value is -1.67. The second-order valence-electron chi connectivity index (χ2n) is 4.69. The fourth-order valence-corrected chi connectivity index (χ4v) is 2.71. The lowest BCUT2D eigenvalue weighted by molar-refractivity contribution is 0.304. The van der Waals surface area contributed by atoms with Gasteiger partial charge in [-0.3, -0.25) is 5.43 Å². The van der Waals surface area contributed by atoms with Crippen molar-refractivity contribution in [1.29, 1.82) is 0 Å². The molecular formula is C17H18IN3OS. The zero-order chi connectivity index (χ0) is 16.5. The van der Waals surface area contributed by atoms with Crippen LogP contribution < -0.4 is 15.5 Å². The molecule has 0 atom stereocenters. The van der Waals surface area contributed by atoms with Gasteiger partial charge in [-0.2, -0.15) is 5.10 Å². The molecule has 0 saturated carbocycles. The number of benzene rings is 2. The molecular weight excluding hydrogens is 421 g/mol. The van der Waals surface area contributed by atoms with Gasteiger partial charge in [-0.25, -0.2) is 0 Å². The predicted octanol–water partition coefficient (Wildman–Crippen LogP) is 3.69. The van der Waals surface area contributed by atoms with E-state index in [9.17, 15) is 0 Å². The largest absolute Gasteiger partial charge is 0.488 e. The van der Waals surface area contributed by atoms with E-state index in [1.54, 1.807) is 6.21 Å². The Morgan fingerprint density at radius 1 is 1.26 bits per heavy atom. The zero-order valence-electron chi connectivity index (χ0n) is 12.8. The van der Waals surface area contributed by atoms with Crippen LogP contribution in [0.25, 0.3) is 0 Å². The predicted molar refractivity (Wildman–Crippen MR) is 107 cm³/mol. The van der Waals surface area contributed by atoms with Gasteiger partial charge in [0.1, 0.15) is 12.4 Å². The number of hydrogen-bond donors (Lipinski definition) is 2. The third-order valence-electron chi connectivity index (χ3n) is 2.91. The van der Waals surface area contributed by atoms with E-state index in [1.165, 1.54) is 0 Å². The van der Waals surface area contributed by atoms with E-state index < -0.39 is 0 Å². The van der Waals surface area contributed by atoms with Crippen molar-refractivity contribution in [3.8, 4) is 5.75 Å². The van der Waals surface area contributed by atoms with Crippen molar-refractivity contribution in [3.63, 3.8) is 0 Å². The van der Waals surface area contributed by atoms with E-state index in [4.69, 9.17) is 17.0 Å². The maximum atomic E-state index is 5.85. The fraction of sp³-hybridized carbons (Fsp3) is 0.176. The minimum Gasteiger partial charge on any atom is -0.488 e. The van der Waals surface area contributed by atoms with Gasteiger partial charge in [-0.1, -0.05) is 30.3 Å². The molecule has 0 unspecified atom stereocenters. The third-order valence-corrected chi connectivity index (χ3v) is 3.99. The van der Waals surface area contributed by atoms with Crippen LogP contribution in [0.5, 0.6) is 5.75 Å². The van der Waals surface area contributed by atoms with Crippen molar-refractivity contribution in [1.82, 2.24) is 10.7 Å². The Balaban J connectivity index is 1.92. The van der Waals surface area contributed by atoms with Gasteiger partial charge < -0.3 is 10.1 Å². The van der Waals surface area contributed by atoms with Crippen LogP contribution >= 0.6 is 34.8 Å². The Bertz CT molecular complexity index is 677. The molecule has 2 aromatic carbocycles. The molecule has 2 aromatic rings. The summed E-state index contributed by atoms with van der Waals surface area (Å²) in [5.41, 5.74) is 4.90. The van der Waals surface area contributed by atoms with Crippen molar-refractivity contribution >= 4 is 46.1 Å². The van der Waals surface area contributed by atoms with Crippen LogP contribution in [0.1, 0.15) is 18.1 Å². The van der Waals surface area contributed by atoms with Gasteiger partial charge in [-0.05, 0) is 71.1 Å². The van der Waals surface area contributed by atoms with Crippen LogP contribution in [-0.2, 0) is 6.61 Å². The van der Waals surface area contributed by atoms with Gasteiger partial charge in [0.05, 0.1) is 9.78 Å². The van der Waals surface area contributed by atoms with Gasteiger partial charge in [0.2, 0.25) is 0 Å². The highest BCUT2D eigenvalue weighted by Crippen LogP contribution is 2.22. The number of thiocarbonyl (C=S) groups is 1. The summed E-state index contributed by atoms with van der Waals surface area (Å²) >= 11 is 7.30. The number of nitrogens with one attached hydrogen (secondary N) is 2. The molecule has 0 spiro atoms. The molecule has 0 saturated heterocycles. The maximum absolute atomic E-state index is 5.85. The summed E-state index contributed by atoms with van der Waals surface area (Å²) in [6.07, 6.45) is 1.73. The molecule has 0 aliphatic heterocycles. The first-order chi connectivity index (χ1) is 11.2. The van der Waals surface area contributed by atoms with Crippen molar-refractivity contribution < 1.29 is 4.74 Å². The quantitative estimate of drug-likeness (QED) is 0.312. The number of halogens is 1. The molecule has 120 valence electrons. The zero-order valence-corrected chi connectivity index (χ0v) is 15.7. The Morgan fingerprint density at radius 2 is 2.04 bits per heavy atom. The second-order valence-corrected chi connectivity index (χ2v) is 6.26. The van der Waals surface area contributed by atoms with E-state index in [0.717, 1.165) is 27.0 Å². The fourth-order valence-electron chi connectivity index (χ4n) is 1.82. The second kappa shape index (κ2) is 9.46. The first-order valence-electron chi connectivity index (χ1n) is 7.22. The molecule has 0 amide bonds. The topological polar surface area (TPSA) is 45.7 Å². The van der Waals surface area contributed by atoms with Crippen molar-refractivity contribution in [2.24, 2.45) is 5.10 Å². The Morgan fingerprint density at radius 3 is 2.74 bits per heavy atom. The summed E-state index contributed by atoms with van der Waals surface area (Å²) in [5, 5.41) is 7.59. The van der Waals surface area contributed by atoms with E-state index in [-0.39, 0.29) is 0 Å². The van der Waals surface area contributed by atoms with Crippen molar-refractivity contribution in [2.45, 2.75) is 13.5 Å². The number of hydrazone groups is 1. The van der Waals surface area contributed by atoms with Crippen molar-refractivity contribution in [3.05, 3.63) is 63.2 Å². The molecule has 0 aliphatic rings. The average Bonchev–Trinajstić information content (AvgIpc) is 2.55. The average molecular weight is 439 g/mol. The van der Waals surface area contributed by atoms with Gasteiger partial charge in [0, 0.05) is 6.54 Å². The molecule has 0 radical (unpaired) electrons. The summed E-state index contributed by atoms with van der Waals surface area (Å²) in [5.74, 6) is 0.864. The summed E-state index contributed by atoms with van der Waals surface area (Å²) < 4.78 is 6.89. The molecule has 2 rings (SSSR count). The molecule has 23 heavy (non-hydrogen) atoms. The van der Waals surface area contributed by atoms with Gasteiger partial charge in [-0.15, -0.1) is 0 Å². The number of ether oxygens (including phenoxy) is 1. The highest BCUT2D eigenvalue weighted by atomic mass is 127. The highest BCUT2D eigenvalue weighted by Gasteiger charge is 2.02. The standard InChI is InChI=1S/C17H18IN3OS/c1-2-19-17(23)21-20-11-14-8-9-16(15(18)10-14)22-12-13-6-4-3-5-7-13/h3-11H,2,12H2,1H3,(H2,19,21,23). The molecule has 0 heterocycles. The lowest BCUT2D eigenvalue weighted by Gasteiger charge is -2.09. The Kier molecular flexibility index (Phi) is 7.28. The third kappa shape index (κ3) is 6.15. The molecule has 6 heteroatoms. The van der Waals surface area contributed by atoms with Crippen LogP contribution in [0.4, 0.5) is 0 Å². The van der Waals surface area contributed by atoms with E-state index in [1.807, 2.05) is 55.5 Å². The summed E-state index contributed by atoms with van der Waals surface area (Å²) in [7, 11) is 0. The molecule has 0 fully saturated rings. The first kappa shape index (κ1) is 17.7. The van der Waals surface area contributed by atoms with E-state index in [0.29, 0.717) is 11.7 Å². The number of rotatable bonds is 6. The number of hydrogen-bond acceptors (Lipinski definition) is 3. The molecule has 4 nitrogen and oxygen atoms in total. The molecule has 0 aliphatic carbocycles. The minimum atomic E-state index is 0.515. The monoisotopic (exact) mass is 439 g/mol. The van der Waals surface area contributed by atoms with Crippen LogP contribution in [0.2, 0.25) is 0 Å².